The van der Waals surface area contributed by atoms with Gasteiger partial charge in [0.05, 0.1) is 0 Å². The number of thiazole rings is 1. The van der Waals surface area contributed by atoms with Gasteiger partial charge >= 0.3 is 0 Å². The molecule has 5 nitrogen and oxygen atoms in total. The van der Waals surface area contributed by atoms with Crippen LogP contribution in [-0.2, 0) is 4.79 Å². The second-order valence-electron chi connectivity index (χ2n) is 5.19. The molecule has 1 heterocycles. The molecule has 0 saturated heterocycles. The van der Waals surface area contributed by atoms with Crippen LogP contribution in [0.2, 0.25) is 0 Å². The third kappa shape index (κ3) is 4.16. The van der Waals surface area contributed by atoms with Crippen LogP contribution >= 0.6 is 11.3 Å². The Labute approximate surface area is 139 Å². The van der Waals surface area contributed by atoms with Crippen LogP contribution in [0.5, 0.6) is 0 Å². The van der Waals surface area contributed by atoms with Crippen molar-refractivity contribution < 1.29 is 9.59 Å². The molecular formula is C17H21N3O2S. The Bertz CT molecular complexity index is 744. The van der Waals surface area contributed by atoms with E-state index in [1.165, 1.54) is 11.3 Å². The van der Waals surface area contributed by atoms with Crippen molar-refractivity contribution in [2.24, 2.45) is 4.99 Å². The molecule has 1 atom stereocenters. The molecule has 0 aliphatic heterocycles. The monoisotopic (exact) mass is 331 g/mol. The fourth-order valence-electron chi connectivity index (χ4n) is 2.25. The number of hydrogen-bond acceptors (Lipinski definition) is 3. The van der Waals surface area contributed by atoms with Crippen molar-refractivity contribution in [3.8, 4) is 0 Å². The van der Waals surface area contributed by atoms with Gasteiger partial charge in [-0.15, -0.1) is 11.3 Å². The molecule has 23 heavy (non-hydrogen) atoms. The van der Waals surface area contributed by atoms with Crippen LogP contribution in [0.3, 0.4) is 0 Å². The van der Waals surface area contributed by atoms with Crippen LogP contribution in [0.25, 0.3) is 0 Å². The SMILES string of the molecule is CCNC(=O)[C@@H](CC)n1ccsc1=NC(=O)c1ccc(C)cc1. The van der Waals surface area contributed by atoms with E-state index in [0.29, 0.717) is 23.3 Å². The summed E-state index contributed by atoms with van der Waals surface area (Å²) >= 11 is 1.35. The van der Waals surface area contributed by atoms with Gasteiger partial charge in [0.2, 0.25) is 5.91 Å². The molecule has 1 N–H and O–H groups in total. The topological polar surface area (TPSA) is 63.5 Å². The van der Waals surface area contributed by atoms with Gasteiger partial charge in [-0.05, 0) is 32.4 Å². The minimum absolute atomic E-state index is 0.0577. The Morgan fingerprint density at radius 1 is 1.26 bits per heavy atom. The molecule has 1 aromatic carbocycles. The summed E-state index contributed by atoms with van der Waals surface area (Å²) in [5.41, 5.74) is 1.64. The van der Waals surface area contributed by atoms with Gasteiger partial charge in [-0.1, -0.05) is 24.6 Å². The maximum atomic E-state index is 12.3. The maximum Gasteiger partial charge on any atom is 0.279 e. The van der Waals surface area contributed by atoms with Crippen molar-refractivity contribution >= 4 is 23.2 Å². The summed E-state index contributed by atoms with van der Waals surface area (Å²) < 4.78 is 1.77. The van der Waals surface area contributed by atoms with Crippen LogP contribution in [0.15, 0.2) is 40.8 Å². The zero-order chi connectivity index (χ0) is 16.8. The van der Waals surface area contributed by atoms with Crippen LogP contribution in [-0.4, -0.2) is 22.9 Å². The van der Waals surface area contributed by atoms with E-state index in [1.54, 1.807) is 22.9 Å². The zero-order valence-corrected chi connectivity index (χ0v) is 14.4. The highest BCUT2D eigenvalue weighted by atomic mass is 32.1. The van der Waals surface area contributed by atoms with E-state index in [1.807, 2.05) is 38.3 Å². The number of carbonyl (C=O) groups excluding carboxylic acids is 2. The molecule has 0 saturated carbocycles. The molecule has 0 unspecified atom stereocenters. The number of aromatic nitrogens is 1. The highest BCUT2D eigenvalue weighted by molar-refractivity contribution is 7.07. The zero-order valence-electron chi connectivity index (χ0n) is 13.6. The average Bonchev–Trinajstić information content (AvgIpc) is 2.97. The summed E-state index contributed by atoms with van der Waals surface area (Å²) in [4.78, 5) is 29.2. The standard InChI is InChI=1S/C17H21N3O2S/c1-4-14(16(22)18-5-2)20-10-11-23-17(20)19-15(21)13-8-6-12(3)7-9-13/h6-11,14H,4-5H2,1-3H3,(H,18,22)/t14-/m1/s1. The lowest BCUT2D eigenvalue weighted by molar-refractivity contribution is -0.124. The third-order valence-corrected chi connectivity index (χ3v) is 4.26. The molecule has 0 aliphatic carbocycles. The lowest BCUT2D eigenvalue weighted by Gasteiger charge is -2.15. The number of nitrogens with zero attached hydrogens (tertiary/aromatic N) is 2. The molecule has 122 valence electrons. The van der Waals surface area contributed by atoms with E-state index >= 15 is 0 Å². The first-order valence-electron chi connectivity index (χ1n) is 7.65. The second-order valence-corrected chi connectivity index (χ2v) is 6.07. The minimum Gasteiger partial charge on any atom is -0.355 e. The predicted octanol–water partition coefficient (Wildman–Crippen LogP) is 2.69. The summed E-state index contributed by atoms with van der Waals surface area (Å²) in [5.74, 6) is -0.357. The van der Waals surface area contributed by atoms with Gasteiger partial charge in [0.1, 0.15) is 6.04 Å². The number of amides is 2. The van der Waals surface area contributed by atoms with Crippen LogP contribution in [0.1, 0.15) is 42.2 Å². The smallest absolute Gasteiger partial charge is 0.279 e. The molecule has 6 heteroatoms. The highest BCUT2D eigenvalue weighted by Crippen LogP contribution is 2.11. The van der Waals surface area contributed by atoms with E-state index < -0.39 is 0 Å². The number of hydrogen-bond donors (Lipinski definition) is 1. The van der Waals surface area contributed by atoms with Crippen molar-refractivity contribution in [2.75, 3.05) is 6.54 Å². The number of carbonyl (C=O) groups is 2. The van der Waals surface area contributed by atoms with Gasteiger partial charge in [0.15, 0.2) is 4.80 Å². The van der Waals surface area contributed by atoms with E-state index in [0.717, 1.165) is 5.56 Å². The molecule has 0 radical (unpaired) electrons. The van der Waals surface area contributed by atoms with Crippen molar-refractivity contribution in [2.45, 2.75) is 33.2 Å². The predicted molar refractivity (Wildman–Crippen MR) is 91.4 cm³/mol. The minimum atomic E-state index is -0.356. The van der Waals surface area contributed by atoms with Crippen molar-refractivity contribution in [3.63, 3.8) is 0 Å². The first kappa shape index (κ1) is 17.1. The molecule has 1 aromatic heterocycles. The maximum absolute atomic E-state index is 12.3. The molecule has 2 rings (SSSR count). The molecule has 2 amide bonds. The summed E-state index contributed by atoms with van der Waals surface area (Å²) in [5, 5.41) is 4.66. The Morgan fingerprint density at radius 3 is 2.57 bits per heavy atom. The Kier molecular flexibility index (Phi) is 5.87. The van der Waals surface area contributed by atoms with Crippen LogP contribution in [0, 0.1) is 6.92 Å². The Hall–Kier alpha value is -2.21. The second kappa shape index (κ2) is 7.87. The lowest BCUT2D eigenvalue weighted by Crippen LogP contribution is -2.35. The number of nitrogens with one attached hydrogen (secondary N) is 1. The first-order chi connectivity index (χ1) is 11.1. The quantitative estimate of drug-likeness (QED) is 0.915. The van der Waals surface area contributed by atoms with E-state index in [4.69, 9.17) is 0 Å². The number of rotatable bonds is 5. The molecular weight excluding hydrogens is 310 g/mol. The molecule has 0 bridgehead atoms. The van der Waals surface area contributed by atoms with Gasteiger partial charge in [-0.2, -0.15) is 4.99 Å². The normalized spacial score (nSPS) is 12.9. The van der Waals surface area contributed by atoms with Gasteiger partial charge in [-0.3, -0.25) is 9.59 Å². The number of likely N-dealkylation sites (N-methyl/N-ethyl adjacent to an activating group) is 1. The van der Waals surface area contributed by atoms with Gasteiger partial charge < -0.3 is 9.88 Å². The van der Waals surface area contributed by atoms with Crippen molar-refractivity contribution in [3.05, 3.63) is 51.8 Å². The van der Waals surface area contributed by atoms with E-state index in [-0.39, 0.29) is 17.9 Å². The highest BCUT2D eigenvalue weighted by Gasteiger charge is 2.18. The third-order valence-electron chi connectivity index (χ3n) is 3.49. The summed E-state index contributed by atoms with van der Waals surface area (Å²) in [7, 11) is 0. The molecule has 0 fully saturated rings. The lowest BCUT2D eigenvalue weighted by atomic mass is 10.1. The molecule has 2 aromatic rings. The van der Waals surface area contributed by atoms with Crippen LogP contribution < -0.4 is 10.1 Å². The fourth-order valence-corrected chi connectivity index (χ4v) is 3.01. The molecule has 0 aliphatic rings. The summed E-state index contributed by atoms with van der Waals surface area (Å²) in [6.07, 6.45) is 2.43. The number of benzene rings is 1. The van der Waals surface area contributed by atoms with E-state index in [9.17, 15) is 9.59 Å². The first-order valence-corrected chi connectivity index (χ1v) is 8.53. The van der Waals surface area contributed by atoms with Gasteiger partial charge in [0.25, 0.3) is 5.91 Å². The summed E-state index contributed by atoms with van der Waals surface area (Å²) in [6, 6.07) is 6.94. The van der Waals surface area contributed by atoms with E-state index in [2.05, 4.69) is 10.3 Å². The Balaban J connectivity index is 2.34. The number of aryl methyl sites for hydroxylation is 1. The van der Waals surface area contributed by atoms with Gasteiger partial charge in [0, 0.05) is 23.7 Å². The van der Waals surface area contributed by atoms with Crippen molar-refractivity contribution in [1.82, 2.24) is 9.88 Å². The Morgan fingerprint density at radius 2 is 1.96 bits per heavy atom. The largest absolute Gasteiger partial charge is 0.355 e. The van der Waals surface area contributed by atoms with Crippen molar-refractivity contribution in [1.29, 1.82) is 0 Å². The fraction of sp³-hybridized carbons (Fsp3) is 0.353. The van der Waals surface area contributed by atoms with Crippen LogP contribution in [0.4, 0.5) is 0 Å². The molecule has 0 spiro atoms. The summed E-state index contributed by atoms with van der Waals surface area (Å²) in [6.45, 7) is 6.37. The average molecular weight is 331 g/mol. The van der Waals surface area contributed by atoms with Gasteiger partial charge in [-0.25, -0.2) is 0 Å².